The van der Waals surface area contributed by atoms with E-state index in [9.17, 15) is 8.42 Å². The number of pyridine rings is 1. The van der Waals surface area contributed by atoms with Gasteiger partial charge in [0.1, 0.15) is 0 Å². The third kappa shape index (κ3) is 3.30. The summed E-state index contributed by atoms with van der Waals surface area (Å²) >= 11 is 0. The molecule has 1 fully saturated rings. The second-order valence-electron chi connectivity index (χ2n) is 5.50. The predicted octanol–water partition coefficient (Wildman–Crippen LogP) is 1.30. The number of nitrogens with zero attached hydrogens (tertiary/aromatic N) is 3. The fourth-order valence-electron chi connectivity index (χ4n) is 2.70. The van der Waals surface area contributed by atoms with Gasteiger partial charge in [0, 0.05) is 25.5 Å². The van der Waals surface area contributed by atoms with Crippen molar-refractivity contribution in [2.75, 3.05) is 19.3 Å². The Kier molecular flexibility index (Phi) is 3.77. The van der Waals surface area contributed by atoms with Crippen LogP contribution >= 0.6 is 0 Å². The minimum Gasteiger partial charge on any atom is -0.276 e. The van der Waals surface area contributed by atoms with Crippen LogP contribution in [0.2, 0.25) is 0 Å². The van der Waals surface area contributed by atoms with Crippen molar-refractivity contribution in [2.45, 2.75) is 12.8 Å². The number of aromatic amines is 1. The quantitative estimate of drug-likeness (QED) is 0.923. The molecular formula is C14H18N4O2S. The van der Waals surface area contributed by atoms with Gasteiger partial charge >= 0.3 is 0 Å². The van der Waals surface area contributed by atoms with Crippen molar-refractivity contribution >= 4 is 10.0 Å². The fraction of sp³-hybridized carbons (Fsp3) is 0.429. The Morgan fingerprint density at radius 2 is 2.24 bits per heavy atom. The number of aromatic nitrogens is 3. The van der Waals surface area contributed by atoms with E-state index in [4.69, 9.17) is 0 Å². The standard InChI is InChI=1S/C14H18N4O2S/c1-21(19,20)18-7-5-12(10-18)8-11-2-3-13(15-9-11)14-4-6-16-17-14/h2-4,6,9,12H,5,7-8,10H2,1H3,(H,16,17). The average molecular weight is 306 g/mol. The summed E-state index contributed by atoms with van der Waals surface area (Å²) in [5, 5.41) is 6.79. The summed E-state index contributed by atoms with van der Waals surface area (Å²) in [5.74, 6) is 0.375. The van der Waals surface area contributed by atoms with Crippen molar-refractivity contribution in [3.05, 3.63) is 36.2 Å². The van der Waals surface area contributed by atoms with Crippen LogP contribution in [0.15, 0.2) is 30.6 Å². The van der Waals surface area contributed by atoms with Crippen molar-refractivity contribution in [1.82, 2.24) is 19.5 Å². The number of rotatable bonds is 4. The van der Waals surface area contributed by atoms with Gasteiger partial charge in [-0.05, 0) is 36.5 Å². The molecule has 2 aromatic rings. The maximum absolute atomic E-state index is 11.5. The van der Waals surface area contributed by atoms with E-state index >= 15 is 0 Å². The van der Waals surface area contributed by atoms with Crippen LogP contribution < -0.4 is 0 Å². The lowest BCUT2D eigenvalue weighted by Gasteiger charge is -2.13. The van der Waals surface area contributed by atoms with E-state index in [-0.39, 0.29) is 0 Å². The van der Waals surface area contributed by atoms with Gasteiger partial charge in [-0.1, -0.05) is 6.07 Å². The Hall–Kier alpha value is -1.73. The minimum atomic E-state index is -3.06. The largest absolute Gasteiger partial charge is 0.276 e. The van der Waals surface area contributed by atoms with E-state index in [0.717, 1.165) is 29.8 Å². The first-order valence-corrected chi connectivity index (χ1v) is 8.77. The molecule has 1 atom stereocenters. The Labute approximate surface area is 124 Å². The van der Waals surface area contributed by atoms with Gasteiger partial charge in [0.25, 0.3) is 0 Å². The predicted molar refractivity (Wildman–Crippen MR) is 80.0 cm³/mol. The van der Waals surface area contributed by atoms with E-state index in [1.54, 1.807) is 10.5 Å². The highest BCUT2D eigenvalue weighted by molar-refractivity contribution is 7.88. The van der Waals surface area contributed by atoms with Gasteiger partial charge < -0.3 is 0 Å². The molecule has 0 amide bonds. The number of hydrogen-bond donors (Lipinski definition) is 1. The third-order valence-electron chi connectivity index (χ3n) is 3.84. The normalized spacial score (nSPS) is 20.0. The molecule has 1 N–H and O–H groups in total. The molecule has 0 aliphatic carbocycles. The summed E-state index contributed by atoms with van der Waals surface area (Å²) < 4.78 is 24.6. The van der Waals surface area contributed by atoms with E-state index in [2.05, 4.69) is 15.2 Å². The molecule has 0 bridgehead atoms. The van der Waals surface area contributed by atoms with Gasteiger partial charge in [0.15, 0.2) is 0 Å². The molecule has 0 saturated carbocycles. The van der Waals surface area contributed by atoms with Crippen molar-refractivity contribution < 1.29 is 8.42 Å². The fourth-order valence-corrected chi connectivity index (χ4v) is 3.62. The van der Waals surface area contributed by atoms with Gasteiger partial charge in [-0.25, -0.2) is 12.7 Å². The van der Waals surface area contributed by atoms with Crippen LogP contribution in [0.3, 0.4) is 0 Å². The molecular weight excluding hydrogens is 288 g/mol. The summed E-state index contributed by atoms with van der Waals surface area (Å²) in [7, 11) is -3.06. The highest BCUT2D eigenvalue weighted by Crippen LogP contribution is 2.23. The van der Waals surface area contributed by atoms with Crippen molar-refractivity contribution in [1.29, 1.82) is 0 Å². The third-order valence-corrected chi connectivity index (χ3v) is 5.11. The van der Waals surface area contributed by atoms with Crippen molar-refractivity contribution in [3.8, 4) is 11.4 Å². The first kappa shape index (κ1) is 14.2. The number of hydrogen-bond acceptors (Lipinski definition) is 4. The maximum atomic E-state index is 11.5. The van der Waals surface area contributed by atoms with Crippen LogP contribution in [0.5, 0.6) is 0 Å². The van der Waals surface area contributed by atoms with Crippen LogP contribution in [-0.4, -0.2) is 47.2 Å². The molecule has 7 heteroatoms. The molecule has 1 saturated heterocycles. The van der Waals surface area contributed by atoms with Crippen LogP contribution in [0.4, 0.5) is 0 Å². The summed E-state index contributed by atoms with van der Waals surface area (Å²) in [6.07, 6.45) is 6.61. The van der Waals surface area contributed by atoms with E-state index in [1.807, 2.05) is 24.4 Å². The van der Waals surface area contributed by atoms with Crippen molar-refractivity contribution in [3.63, 3.8) is 0 Å². The van der Waals surface area contributed by atoms with Crippen molar-refractivity contribution in [2.24, 2.45) is 5.92 Å². The molecule has 6 nitrogen and oxygen atoms in total. The highest BCUT2D eigenvalue weighted by Gasteiger charge is 2.28. The van der Waals surface area contributed by atoms with E-state index in [1.165, 1.54) is 6.26 Å². The van der Waals surface area contributed by atoms with Crippen LogP contribution in [0.25, 0.3) is 11.4 Å². The number of nitrogens with one attached hydrogen (secondary N) is 1. The van der Waals surface area contributed by atoms with Crippen LogP contribution in [-0.2, 0) is 16.4 Å². The second kappa shape index (κ2) is 5.57. The molecule has 112 valence electrons. The topological polar surface area (TPSA) is 79.0 Å². The summed E-state index contributed by atoms with van der Waals surface area (Å²) in [6, 6.07) is 5.89. The molecule has 0 aromatic carbocycles. The molecule has 0 spiro atoms. The molecule has 1 unspecified atom stereocenters. The van der Waals surface area contributed by atoms with Gasteiger partial charge in [0.2, 0.25) is 10.0 Å². The zero-order chi connectivity index (χ0) is 14.9. The zero-order valence-electron chi connectivity index (χ0n) is 11.9. The highest BCUT2D eigenvalue weighted by atomic mass is 32.2. The molecule has 3 rings (SSSR count). The molecule has 1 aliphatic rings. The SMILES string of the molecule is CS(=O)(=O)N1CCC(Cc2ccc(-c3ccn[nH]3)nc2)C1. The Morgan fingerprint density at radius 3 is 2.81 bits per heavy atom. The molecule has 3 heterocycles. The lowest BCUT2D eigenvalue weighted by molar-refractivity contribution is 0.460. The Balaban J connectivity index is 1.64. The maximum Gasteiger partial charge on any atom is 0.211 e. The van der Waals surface area contributed by atoms with E-state index < -0.39 is 10.0 Å². The minimum absolute atomic E-state index is 0.375. The smallest absolute Gasteiger partial charge is 0.211 e. The van der Waals surface area contributed by atoms with Gasteiger partial charge in [-0.15, -0.1) is 0 Å². The summed E-state index contributed by atoms with van der Waals surface area (Å²) in [5.41, 5.74) is 2.89. The Bertz CT molecular complexity index is 695. The number of sulfonamides is 1. The lowest BCUT2D eigenvalue weighted by Crippen LogP contribution is -2.27. The Morgan fingerprint density at radius 1 is 1.38 bits per heavy atom. The average Bonchev–Trinajstić information content (AvgIpc) is 3.09. The van der Waals surface area contributed by atoms with Gasteiger partial charge in [-0.3, -0.25) is 10.1 Å². The van der Waals surface area contributed by atoms with Gasteiger partial charge in [-0.2, -0.15) is 5.10 Å². The first-order valence-electron chi connectivity index (χ1n) is 6.92. The molecule has 1 aliphatic heterocycles. The van der Waals surface area contributed by atoms with Crippen LogP contribution in [0.1, 0.15) is 12.0 Å². The molecule has 2 aromatic heterocycles. The molecule has 0 radical (unpaired) electrons. The number of H-pyrrole nitrogens is 1. The molecule has 21 heavy (non-hydrogen) atoms. The summed E-state index contributed by atoms with van der Waals surface area (Å²) in [4.78, 5) is 4.43. The zero-order valence-corrected chi connectivity index (χ0v) is 12.7. The lowest BCUT2D eigenvalue weighted by atomic mass is 10.00. The second-order valence-corrected chi connectivity index (χ2v) is 7.48. The van der Waals surface area contributed by atoms with Crippen LogP contribution in [0, 0.1) is 5.92 Å². The summed E-state index contributed by atoms with van der Waals surface area (Å²) in [6.45, 7) is 1.24. The monoisotopic (exact) mass is 306 g/mol. The van der Waals surface area contributed by atoms with Gasteiger partial charge in [0.05, 0.1) is 17.6 Å². The van der Waals surface area contributed by atoms with E-state index in [0.29, 0.717) is 19.0 Å². The first-order chi connectivity index (χ1) is 10.0.